The Bertz CT molecular complexity index is 813. The van der Waals surface area contributed by atoms with Crippen LogP contribution in [0.25, 0.3) is 0 Å². The molecule has 0 atom stereocenters. The number of piperazine rings is 1. The van der Waals surface area contributed by atoms with E-state index in [1.54, 1.807) is 30.0 Å². The van der Waals surface area contributed by atoms with Gasteiger partial charge in [-0.3, -0.25) is 4.79 Å². The van der Waals surface area contributed by atoms with Crippen LogP contribution in [0.15, 0.2) is 42.5 Å². The van der Waals surface area contributed by atoms with Gasteiger partial charge >= 0.3 is 6.03 Å². The van der Waals surface area contributed by atoms with Gasteiger partial charge in [-0.25, -0.2) is 4.79 Å². The fraction of sp³-hybridized carbons (Fsp3) is 0.263. The molecule has 0 saturated carbocycles. The Morgan fingerprint density at radius 3 is 2.19 bits per heavy atom. The van der Waals surface area contributed by atoms with E-state index in [1.807, 2.05) is 24.3 Å². The Balaban J connectivity index is 1.62. The average molecular weight is 392 g/mol. The number of ketones is 1. The zero-order valence-electron chi connectivity index (χ0n) is 14.3. The van der Waals surface area contributed by atoms with Crippen LogP contribution < -0.4 is 10.2 Å². The first kappa shape index (κ1) is 18.5. The van der Waals surface area contributed by atoms with Crippen molar-refractivity contribution in [2.75, 3.05) is 36.4 Å². The molecule has 136 valence electrons. The monoisotopic (exact) mass is 391 g/mol. The van der Waals surface area contributed by atoms with Crippen LogP contribution in [0.5, 0.6) is 0 Å². The van der Waals surface area contributed by atoms with Crippen molar-refractivity contribution in [1.82, 2.24) is 4.90 Å². The minimum atomic E-state index is -0.225. The second kappa shape index (κ2) is 7.98. The maximum atomic E-state index is 12.5. The van der Waals surface area contributed by atoms with Gasteiger partial charge in [0.2, 0.25) is 0 Å². The number of nitrogens with one attached hydrogen (secondary N) is 1. The number of carbonyl (C=O) groups is 2. The lowest BCUT2D eigenvalue weighted by molar-refractivity contribution is 0.101. The second-order valence-electron chi connectivity index (χ2n) is 6.11. The molecule has 0 aromatic heterocycles. The zero-order valence-corrected chi connectivity index (χ0v) is 15.8. The highest BCUT2D eigenvalue weighted by molar-refractivity contribution is 6.39. The van der Waals surface area contributed by atoms with Crippen LogP contribution in [0.2, 0.25) is 10.0 Å². The summed E-state index contributed by atoms with van der Waals surface area (Å²) in [4.78, 5) is 27.9. The number of amides is 2. The average Bonchev–Trinajstić information content (AvgIpc) is 2.65. The van der Waals surface area contributed by atoms with Crippen LogP contribution in [-0.4, -0.2) is 42.9 Å². The van der Waals surface area contributed by atoms with Gasteiger partial charge in [0.1, 0.15) is 0 Å². The molecule has 2 aromatic rings. The number of Topliss-reactive ketones (excluding diaryl/α,β-unsaturated/α-hetero) is 1. The maximum Gasteiger partial charge on any atom is 0.322 e. The molecule has 1 aliphatic heterocycles. The summed E-state index contributed by atoms with van der Waals surface area (Å²) in [5.74, 6) is 0.0430. The van der Waals surface area contributed by atoms with Gasteiger partial charge in [0, 0.05) is 37.4 Å². The molecule has 1 aliphatic rings. The number of rotatable bonds is 3. The number of para-hydroxylation sites is 1. The number of urea groups is 1. The van der Waals surface area contributed by atoms with Gasteiger partial charge in [0.15, 0.2) is 5.78 Å². The van der Waals surface area contributed by atoms with E-state index in [-0.39, 0.29) is 11.8 Å². The molecular formula is C19H19Cl2N3O2. The maximum absolute atomic E-state index is 12.5. The number of nitrogens with zero attached hydrogens (tertiary/aromatic N) is 2. The van der Waals surface area contributed by atoms with E-state index < -0.39 is 0 Å². The van der Waals surface area contributed by atoms with Gasteiger partial charge in [0.25, 0.3) is 0 Å². The molecule has 1 heterocycles. The Morgan fingerprint density at radius 1 is 0.962 bits per heavy atom. The van der Waals surface area contributed by atoms with Crippen LogP contribution >= 0.6 is 23.2 Å². The molecule has 1 saturated heterocycles. The molecule has 26 heavy (non-hydrogen) atoms. The summed E-state index contributed by atoms with van der Waals surface area (Å²) in [5.41, 5.74) is 2.11. The summed E-state index contributed by atoms with van der Waals surface area (Å²) in [5, 5.41) is 3.60. The normalized spacial score (nSPS) is 14.3. The van der Waals surface area contributed by atoms with Crippen molar-refractivity contribution in [3.63, 3.8) is 0 Å². The smallest absolute Gasteiger partial charge is 0.322 e. The molecule has 1 N–H and O–H groups in total. The largest absolute Gasteiger partial charge is 0.368 e. The first-order chi connectivity index (χ1) is 12.5. The quantitative estimate of drug-likeness (QED) is 0.780. The first-order valence-electron chi connectivity index (χ1n) is 8.31. The van der Waals surface area contributed by atoms with E-state index in [0.717, 1.165) is 5.69 Å². The molecule has 0 bridgehead atoms. The van der Waals surface area contributed by atoms with Crippen molar-refractivity contribution in [3.8, 4) is 0 Å². The van der Waals surface area contributed by atoms with Crippen LogP contribution in [0.4, 0.5) is 16.2 Å². The molecule has 7 heteroatoms. The zero-order chi connectivity index (χ0) is 18.7. The number of benzene rings is 2. The number of hydrogen-bond acceptors (Lipinski definition) is 3. The van der Waals surface area contributed by atoms with Crippen molar-refractivity contribution < 1.29 is 9.59 Å². The SMILES string of the molecule is CC(=O)c1cccc(N2CCN(C(=O)Nc3c(Cl)cccc3Cl)CC2)c1. The lowest BCUT2D eigenvalue weighted by Gasteiger charge is -2.36. The molecule has 1 fully saturated rings. The highest BCUT2D eigenvalue weighted by Crippen LogP contribution is 2.30. The minimum absolute atomic E-state index is 0.0430. The van der Waals surface area contributed by atoms with Gasteiger partial charge in [-0.1, -0.05) is 41.4 Å². The van der Waals surface area contributed by atoms with Crippen molar-refractivity contribution in [1.29, 1.82) is 0 Å². The van der Waals surface area contributed by atoms with E-state index in [9.17, 15) is 9.59 Å². The van der Waals surface area contributed by atoms with Gasteiger partial charge in [-0.2, -0.15) is 0 Å². The van der Waals surface area contributed by atoms with Crippen molar-refractivity contribution >= 4 is 46.4 Å². The standard InChI is InChI=1S/C19H19Cl2N3O2/c1-13(25)14-4-2-5-15(12-14)23-8-10-24(11-9-23)19(26)22-18-16(20)6-3-7-17(18)21/h2-7,12H,8-11H2,1H3,(H,22,26). The fourth-order valence-electron chi connectivity index (χ4n) is 2.89. The summed E-state index contributed by atoms with van der Waals surface area (Å²) in [7, 11) is 0. The van der Waals surface area contributed by atoms with Gasteiger partial charge in [-0.15, -0.1) is 0 Å². The van der Waals surface area contributed by atoms with Crippen LogP contribution in [0.1, 0.15) is 17.3 Å². The van der Waals surface area contributed by atoms with Gasteiger partial charge < -0.3 is 15.1 Å². The predicted molar refractivity (Wildman–Crippen MR) is 106 cm³/mol. The van der Waals surface area contributed by atoms with Gasteiger partial charge in [0.05, 0.1) is 15.7 Å². The molecule has 0 spiro atoms. The fourth-order valence-corrected chi connectivity index (χ4v) is 3.38. The van der Waals surface area contributed by atoms with Crippen LogP contribution in [-0.2, 0) is 0 Å². The Kier molecular flexibility index (Phi) is 5.69. The van der Waals surface area contributed by atoms with E-state index >= 15 is 0 Å². The summed E-state index contributed by atoms with van der Waals surface area (Å²) in [6, 6.07) is 12.4. The Morgan fingerprint density at radius 2 is 1.58 bits per heavy atom. The third kappa shape index (κ3) is 4.11. The van der Waals surface area contributed by atoms with Crippen molar-refractivity contribution in [2.45, 2.75) is 6.92 Å². The first-order valence-corrected chi connectivity index (χ1v) is 9.07. The summed E-state index contributed by atoms with van der Waals surface area (Å²) < 4.78 is 0. The lowest BCUT2D eigenvalue weighted by Crippen LogP contribution is -2.50. The number of hydrogen-bond donors (Lipinski definition) is 1. The minimum Gasteiger partial charge on any atom is -0.368 e. The van der Waals surface area contributed by atoms with E-state index in [2.05, 4.69) is 10.2 Å². The number of anilines is 2. The molecule has 0 radical (unpaired) electrons. The molecular weight excluding hydrogens is 373 g/mol. The highest BCUT2D eigenvalue weighted by atomic mass is 35.5. The number of halogens is 2. The van der Waals surface area contributed by atoms with Crippen LogP contribution in [0, 0.1) is 0 Å². The highest BCUT2D eigenvalue weighted by Gasteiger charge is 2.22. The van der Waals surface area contributed by atoms with Gasteiger partial charge in [-0.05, 0) is 31.2 Å². The molecule has 2 amide bonds. The third-order valence-electron chi connectivity index (χ3n) is 4.38. The van der Waals surface area contributed by atoms with Crippen molar-refractivity contribution in [3.05, 3.63) is 58.1 Å². The number of carbonyl (C=O) groups excluding carboxylic acids is 2. The summed E-state index contributed by atoms with van der Waals surface area (Å²) >= 11 is 12.2. The molecule has 5 nitrogen and oxygen atoms in total. The third-order valence-corrected chi connectivity index (χ3v) is 5.01. The Hall–Kier alpha value is -2.24. The molecule has 0 aliphatic carbocycles. The summed E-state index contributed by atoms with van der Waals surface area (Å²) in [6.45, 7) is 4.06. The summed E-state index contributed by atoms with van der Waals surface area (Å²) in [6.07, 6.45) is 0. The van der Waals surface area contributed by atoms with E-state index in [4.69, 9.17) is 23.2 Å². The lowest BCUT2D eigenvalue weighted by atomic mass is 10.1. The Labute approximate surface area is 162 Å². The second-order valence-corrected chi connectivity index (χ2v) is 6.92. The van der Waals surface area contributed by atoms with E-state index in [1.165, 1.54) is 0 Å². The van der Waals surface area contributed by atoms with E-state index in [0.29, 0.717) is 47.5 Å². The predicted octanol–water partition coefficient (Wildman–Crippen LogP) is 4.55. The molecule has 3 rings (SSSR count). The molecule has 2 aromatic carbocycles. The van der Waals surface area contributed by atoms with Crippen LogP contribution in [0.3, 0.4) is 0 Å². The topological polar surface area (TPSA) is 52.7 Å². The molecule has 0 unspecified atom stereocenters. The van der Waals surface area contributed by atoms with Crippen molar-refractivity contribution in [2.24, 2.45) is 0 Å².